The second-order valence-corrected chi connectivity index (χ2v) is 6.54. The molecule has 1 N–H and O–H groups in total. The van der Waals surface area contributed by atoms with Gasteiger partial charge in [-0.25, -0.2) is 14.4 Å². The largest absolute Gasteiger partial charge is 0.472 e. The number of rotatable bonds is 4. The van der Waals surface area contributed by atoms with E-state index in [1.807, 2.05) is 11.0 Å². The van der Waals surface area contributed by atoms with Gasteiger partial charge in [0.15, 0.2) is 0 Å². The summed E-state index contributed by atoms with van der Waals surface area (Å²) >= 11 is 0. The highest BCUT2D eigenvalue weighted by atomic mass is 19.1. The van der Waals surface area contributed by atoms with Gasteiger partial charge in [-0.1, -0.05) is 6.07 Å². The van der Waals surface area contributed by atoms with Crippen molar-refractivity contribution in [3.8, 4) is 0 Å². The smallest absolute Gasteiger partial charge is 0.257 e. The van der Waals surface area contributed by atoms with Crippen molar-refractivity contribution in [2.75, 3.05) is 18.4 Å². The fourth-order valence-corrected chi connectivity index (χ4v) is 3.33. The molecule has 7 heteroatoms. The van der Waals surface area contributed by atoms with E-state index in [4.69, 9.17) is 4.42 Å². The normalized spacial score (nSPS) is 16.9. The van der Waals surface area contributed by atoms with Gasteiger partial charge in [0, 0.05) is 30.9 Å². The second-order valence-electron chi connectivity index (χ2n) is 6.54. The molecule has 138 valence electrons. The SMILES string of the molecule is O=C(c1ccoc1)N1CCC[C@@H](c2ccnc(Nc3cccc(F)c3)n2)C1. The molecule has 0 radical (unpaired) electrons. The number of carbonyl (C=O) groups excluding carboxylic acids is 1. The molecule has 0 saturated carbocycles. The van der Waals surface area contributed by atoms with Gasteiger partial charge in [0.1, 0.15) is 12.1 Å². The number of anilines is 2. The average molecular weight is 366 g/mol. The minimum atomic E-state index is -0.322. The number of hydrogen-bond donors (Lipinski definition) is 1. The van der Waals surface area contributed by atoms with E-state index in [9.17, 15) is 9.18 Å². The molecule has 0 unspecified atom stereocenters. The summed E-state index contributed by atoms with van der Waals surface area (Å²) in [5.74, 6) is 0.194. The average Bonchev–Trinajstić information content (AvgIpc) is 3.23. The number of benzene rings is 1. The minimum absolute atomic E-state index is 0.0272. The molecule has 6 nitrogen and oxygen atoms in total. The Morgan fingerprint density at radius 1 is 1.30 bits per heavy atom. The maximum atomic E-state index is 13.4. The number of aromatic nitrogens is 2. The van der Waals surface area contributed by atoms with Gasteiger partial charge in [0.2, 0.25) is 5.95 Å². The van der Waals surface area contributed by atoms with Gasteiger partial charge >= 0.3 is 0 Å². The lowest BCUT2D eigenvalue weighted by molar-refractivity contribution is 0.0705. The third kappa shape index (κ3) is 3.97. The van der Waals surface area contributed by atoms with Crippen LogP contribution in [0.3, 0.4) is 0 Å². The third-order valence-electron chi connectivity index (χ3n) is 4.65. The number of nitrogens with one attached hydrogen (secondary N) is 1. The van der Waals surface area contributed by atoms with Crippen LogP contribution in [-0.2, 0) is 0 Å². The summed E-state index contributed by atoms with van der Waals surface area (Å²) in [6, 6.07) is 9.70. The zero-order chi connectivity index (χ0) is 18.6. The van der Waals surface area contributed by atoms with Crippen LogP contribution >= 0.6 is 0 Å². The Balaban J connectivity index is 1.48. The van der Waals surface area contributed by atoms with E-state index in [2.05, 4.69) is 15.3 Å². The van der Waals surface area contributed by atoms with Crippen LogP contribution in [0, 0.1) is 5.82 Å². The van der Waals surface area contributed by atoms with Gasteiger partial charge in [-0.2, -0.15) is 0 Å². The molecule has 1 amide bonds. The van der Waals surface area contributed by atoms with Gasteiger partial charge in [0.05, 0.1) is 17.5 Å². The Morgan fingerprint density at radius 3 is 3.04 bits per heavy atom. The molecule has 27 heavy (non-hydrogen) atoms. The lowest BCUT2D eigenvalue weighted by Gasteiger charge is -2.32. The monoisotopic (exact) mass is 366 g/mol. The van der Waals surface area contributed by atoms with Crippen molar-refractivity contribution in [2.45, 2.75) is 18.8 Å². The number of furan rings is 1. The molecular formula is C20H19FN4O2. The van der Waals surface area contributed by atoms with Crippen LogP contribution in [-0.4, -0.2) is 33.9 Å². The molecule has 4 rings (SSSR count). The van der Waals surface area contributed by atoms with Crippen molar-refractivity contribution >= 4 is 17.5 Å². The van der Waals surface area contributed by atoms with E-state index >= 15 is 0 Å². The first-order chi connectivity index (χ1) is 13.2. The molecule has 0 bridgehead atoms. The predicted octanol–water partition coefficient (Wildman–Crippen LogP) is 3.97. The third-order valence-corrected chi connectivity index (χ3v) is 4.65. The van der Waals surface area contributed by atoms with Crippen molar-refractivity contribution < 1.29 is 13.6 Å². The topological polar surface area (TPSA) is 71.3 Å². The lowest BCUT2D eigenvalue weighted by Crippen LogP contribution is -2.39. The first-order valence-corrected chi connectivity index (χ1v) is 8.86. The van der Waals surface area contributed by atoms with Gasteiger partial charge in [-0.15, -0.1) is 0 Å². The van der Waals surface area contributed by atoms with E-state index < -0.39 is 0 Å². The first-order valence-electron chi connectivity index (χ1n) is 8.86. The van der Waals surface area contributed by atoms with Crippen LogP contribution in [0.1, 0.15) is 34.8 Å². The predicted molar refractivity (Wildman–Crippen MR) is 98.3 cm³/mol. The van der Waals surface area contributed by atoms with E-state index in [-0.39, 0.29) is 17.6 Å². The highest BCUT2D eigenvalue weighted by Gasteiger charge is 2.27. The highest BCUT2D eigenvalue weighted by molar-refractivity contribution is 5.93. The summed E-state index contributed by atoms with van der Waals surface area (Å²) in [7, 11) is 0. The minimum Gasteiger partial charge on any atom is -0.472 e. The van der Waals surface area contributed by atoms with Crippen LogP contribution in [0.25, 0.3) is 0 Å². The molecule has 1 aliphatic heterocycles. The molecule has 2 aromatic heterocycles. The van der Waals surface area contributed by atoms with Crippen LogP contribution in [0.2, 0.25) is 0 Å². The zero-order valence-electron chi connectivity index (χ0n) is 14.6. The van der Waals surface area contributed by atoms with Crippen molar-refractivity contribution in [3.63, 3.8) is 0 Å². The number of likely N-dealkylation sites (tertiary alicyclic amines) is 1. The van der Waals surface area contributed by atoms with Crippen LogP contribution in [0.5, 0.6) is 0 Å². The van der Waals surface area contributed by atoms with Gasteiger partial charge in [-0.05, 0) is 43.2 Å². The molecule has 1 atom stereocenters. The number of carbonyl (C=O) groups is 1. The maximum Gasteiger partial charge on any atom is 0.257 e. The fourth-order valence-electron chi connectivity index (χ4n) is 3.33. The molecule has 0 aliphatic carbocycles. The summed E-state index contributed by atoms with van der Waals surface area (Å²) < 4.78 is 18.4. The van der Waals surface area contributed by atoms with Crippen molar-refractivity contribution in [1.82, 2.24) is 14.9 Å². The lowest BCUT2D eigenvalue weighted by atomic mass is 9.94. The summed E-state index contributed by atoms with van der Waals surface area (Å²) in [6.07, 6.45) is 6.51. The fraction of sp³-hybridized carbons (Fsp3) is 0.250. The first kappa shape index (κ1) is 17.2. The maximum absolute atomic E-state index is 13.4. The zero-order valence-corrected chi connectivity index (χ0v) is 14.6. The van der Waals surface area contributed by atoms with Crippen LogP contribution in [0.15, 0.2) is 59.5 Å². The molecule has 1 saturated heterocycles. The molecule has 1 aliphatic rings. The van der Waals surface area contributed by atoms with E-state index in [0.717, 1.165) is 25.1 Å². The molecule has 3 aromatic rings. The summed E-state index contributed by atoms with van der Waals surface area (Å²) in [5.41, 5.74) is 2.02. The van der Waals surface area contributed by atoms with Gasteiger partial charge < -0.3 is 14.6 Å². The number of halogens is 1. The Morgan fingerprint density at radius 2 is 2.22 bits per heavy atom. The van der Waals surface area contributed by atoms with Crippen molar-refractivity contribution in [1.29, 1.82) is 0 Å². The standard InChI is InChI=1S/C20H19FN4O2/c21-16-4-1-5-17(11-16)23-20-22-8-6-18(24-20)14-3-2-9-25(12-14)19(26)15-7-10-27-13-15/h1,4-8,10-11,13-14H,2-3,9,12H2,(H,22,23,24)/t14-/m1/s1. The molecule has 1 aromatic carbocycles. The summed E-state index contributed by atoms with van der Waals surface area (Å²) in [6.45, 7) is 1.32. The highest BCUT2D eigenvalue weighted by Crippen LogP contribution is 2.27. The Bertz CT molecular complexity index is 929. The number of hydrogen-bond acceptors (Lipinski definition) is 5. The molecule has 1 fully saturated rings. The Kier molecular flexibility index (Phi) is 4.82. The quantitative estimate of drug-likeness (QED) is 0.756. The molecule has 0 spiro atoms. The summed E-state index contributed by atoms with van der Waals surface area (Å²) in [4.78, 5) is 23.2. The number of piperidine rings is 1. The second kappa shape index (κ2) is 7.57. The summed E-state index contributed by atoms with van der Waals surface area (Å²) in [5, 5.41) is 3.03. The van der Waals surface area contributed by atoms with Crippen LogP contribution in [0.4, 0.5) is 16.0 Å². The molecular weight excluding hydrogens is 347 g/mol. The van der Waals surface area contributed by atoms with E-state index in [0.29, 0.717) is 23.7 Å². The Labute approximate surface area is 156 Å². The van der Waals surface area contributed by atoms with Crippen molar-refractivity contribution in [3.05, 3.63) is 72.2 Å². The van der Waals surface area contributed by atoms with Crippen LogP contribution < -0.4 is 5.32 Å². The van der Waals surface area contributed by atoms with Gasteiger partial charge in [-0.3, -0.25) is 4.79 Å². The molecule has 3 heterocycles. The van der Waals surface area contributed by atoms with Crippen molar-refractivity contribution in [2.24, 2.45) is 0 Å². The van der Waals surface area contributed by atoms with Gasteiger partial charge in [0.25, 0.3) is 5.91 Å². The van der Waals surface area contributed by atoms with E-state index in [1.165, 1.54) is 24.7 Å². The number of nitrogens with zero attached hydrogens (tertiary/aromatic N) is 3. The van der Waals surface area contributed by atoms with E-state index in [1.54, 1.807) is 24.4 Å². The number of amides is 1. The Hall–Kier alpha value is -3.22.